The molecule has 0 fully saturated rings. The van der Waals surface area contributed by atoms with Gasteiger partial charge in [-0.1, -0.05) is 11.3 Å². The third-order valence-electron chi connectivity index (χ3n) is 3.71. The summed E-state index contributed by atoms with van der Waals surface area (Å²) in [5.41, 5.74) is 7.26. The minimum atomic E-state index is -5.18. The number of nitrogen functional groups attached to an aromatic ring is 1. The Morgan fingerprint density at radius 3 is 2.52 bits per heavy atom. The Labute approximate surface area is 170 Å². The molecule has 29 heavy (non-hydrogen) atoms. The van der Waals surface area contributed by atoms with Crippen LogP contribution in [-0.2, 0) is 30.9 Å². The highest BCUT2D eigenvalue weighted by Crippen LogP contribution is 2.57. The van der Waals surface area contributed by atoms with E-state index in [1.165, 1.54) is 18.3 Å². The first kappa shape index (κ1) is 23.7. The number of ketones is 1. The lowest BCUT2D eigenvalue weighted by molar-refractivity contribution is -0.691. The molecule has 1 atom stereocenters. The van der Waals surface area contributed by atoms with Crippen LogP contribution in [0.3, 0.4) is 0 Å². The molecule has 2 rings (SSSR count). The fourth-order valence-corrected chi connectivity index (χ4v) is 5.17. The number of carbonyl (C=O) groups is 1. The van der Waals surface area contributed by atoms with E-state index in [2.05, 4.69) is 18.8 Å². The van der Waals surface area contributed by atoms with Crippen LogP contribution in [0.25, 0.3) is 0 Å². The fourth-order valence-electron chi connectivity index (χ4n) is 2.45. The maximum atomic E-state index is 12.1. The van der Waals surface area contributed by atoms with Gasteiger partial charge >= 0.3 is 20.7 Å². The zero-order chi connectivity index (χ0) is 22.0. The number of anilines is 1. The summed E-state index contributed by atoms with van der Waals surface area (Å²) >= 11 is 1.17. The molecule has 0 radical (unpaired) electrons. The van der Waals surface area contributed by atoms with Crippen LogP contribution in [0.2, 0.25) is 0 Å². The number of nitrogens with zero attached hydrogens (tertiary/aromatic N) is 3. The highest BCUT2D eigenvalue weighted by Gasteiger charge is 2.33. The van der Waals surface area contributed by atoms with Crippen LogP contribution in [0.1, 0.15) is 38.7 Å². The Morgan fingerprint density at radius 1 is 1.31 bits per heavy atom. The first-order valence-corrected chi connectivity index (χ1v) is 12.0. The van der Waals surface area contributed by atoms with Gasteiger partial charge in [-0.05, 0) is 6.92 Å². The second-order valence-electron chi connectivity index (χ2n) is 6.01. The van der Waals surface area contributed by atoms with Crippen molar-refractivity contribution < 1.29 is 42.0 Å². The normalized spacial score (nSPS) is 14.0. The molecule has 0 spiro atoms. The molecular weight excluding hydrogens is 446 g/mol. The van der Waals surface area contributed by atoms with Crippen LogP contribution in [0.5, 0.6) is 0 Å². The molecule has 2 aromatic heterocycles. The van der Waals surface area contributed by atoms with E-state index in [1.54, 1.807) is 24.6 Å². The number of aromatic nitrogens is 3. The molecule has 2 heterocycles. The summed E-state index contributed by atoms with van der Waals surface area (Å²) in [4.78, 5) is 47.5. The van der Waals surface area contributed by atoms with Crippen molar-refractivity contribution >= 4 is 38.6 Å². The van der Waals surface area contributed by atoms with E-state index in [4.69, 9.17) is 15.5 Å². The molecule has 0 bridgehead atoms. The van der Waals surface area contributed by atoms with E-state index >= 15 is 0 Å². The predicted octanol–water partition coefficient (Wildman–Crippen LogP) is 1.04. The van der Waals surface area contributed by atoms with Crippen LogP contribution in [0.15, 0.2) is 6.20 Å². The van der Waals surface area contributed by atoms with Crippen molar-refractivity contribution in [3.05, 3.63) is 33.2 Å². The first-order chi connectivity index (χ1) is 13.3. The van der Waals surface area contributed by atoms with Crippen molar-refractivity contribution in [2.45, 2.75) is 33.7 Å². The van der Waals surface area contributed by atoms with Crippen molar-refractivity contribution in [2.24, 2.45) is 0 Å². The van der Waals surface area contributed by atoms with Crippen LogP contribution in [0.4, 0.5) is 5.82 Å². The number of phosphoric ester groups is 1. The predicted molar refractivity (Wildman–Crippen MR) is 102 cm³/mol. The lowest BCUT2D eigenvalue weighted by atomic mass is 10.2. The van der Waals surface area contributed by atoms with Gasteiger partial charge in [0, 0.05) is 26.5 Å². The van der Waals surface area contributed by atoms with Crippen molar-refractivity contribution in [3.8, 4) is 0 Å². The van der Waals surface area contributed by atoms with Crippen LogP contribution < -0.4 is 10.3 Å². The molecule has 2 aromatic rings. The maximum absolute atomic E-state index is 12.1. The standard InChI is InChI=1S/C14H20N4O8P2S/c1-8-12(4-5-25-28(23,24)26-27(20,21)22)29-14(9(2)19)18(8)7-11-6-16-10(3)17-13(11)15/h6H,4-5,7H2,1-3H3,(H4-,15,16,17,20,21,22,23,24)/p+1. The van der Waals surface area contributed by atoms with Crippen molar-refractivity contribution in [1.82, 2.24) is 9.97 Å². The van der Waals surface area contributed by atoms with Crippen molar-refractivity contribution in [2.75, 3.05) is 12.3 Å². The molecule has 0 aromatic carbocycles. The lowest BCUT2D eigenvalue weighted by Gasteiger charge is -2.11. The Morgan fingerprint density at radius 2 is 1.97 bits per heavy atom. The van der Waals surface area contributed by atoms with Gasteiger partial charge in [-0.2, -0.15) is 8.88 Å². The second kappa shape index (κ2) is 9.07. The van der Waals surface area contributed by atoms with E-state index in [9.17, 15) is 18.8 Å². The van der Waals surface area contributed by atoms with Gasteiger partial charge in [-0.25, -0.2) is 19.1 Å². The number of carbonyl (C=O) groups excluding carboxylic acids is 1. The minimum absolute atomic E-state index is 0.110. The highest BCUT2D eigenvalue weighted by atomic mass is 32.1. The summed E-state index contributed by atoms with van der Waals surface area (Å²) in [5.74, 6) is 0.634. The van der Waals surface area contributed by atoms with Crippen molar-refractivity contribution in [3.63, 3.8) is 0 Å². The van der Waals surface area contributed by atoms with Gasteiger partial charge < -0.3 is 20.4 Å². The number of phosphoric acid groups is 2. The molecule has 12 nitrogen and oxygen atoms in total. The van der Waals surface area contributed by atoms with Gasteiger partial charge in [0.2, 0.25) is 5.78 Å². The summed E-state index contributed by atoms with van der Waals surface area (Å²) in [6, 6.07) is 0. The summed E-state index contributed by atoms with van der Waals surface area (Å²) in [5, 5.41) is 0.427. The van der Waals surface area contributed by atoms with Gasteiger partial charge in [0.05, 0.1) is 17.0 Å². The number of rotatable bonds is 9. The Bertz CT molecular complexity index is 1020. The third kappa shape index (κ3) is 6.73. The number of aryl methyl sites for hydroxylation is 1. The van der Waals surface area contributed by atoms with E-state index in [-0.39, 0.29) is 25.4 Å². The average Bonchev–Trinajstić information content (AvgIpc) is 2.84. The molecule has 0 saturated carbocycles. The number of hydrogen-bond acceptors (Lipinski definition) is 9. The molecule has 15 heteroatoms. The molecule has 0 aliphatic heterocycles. The fraction of sp³-hybridized carbons (Fsp3) is 0.429. The summed E-state index contributed by atoms with van der Waals surface area (Å²) < 4.78 is 32.3. The SMILES string of the molecule is CC(=O)c1sc(CCOP(=O)(O)OP(=O)(O)O)c(C)[n+]1Cc1cnc(C)nc1N. The zero-order valence-corrected chi connectivity index (χ0v) is 18.4. The minimum Gasteiger partial charge on any atom is -0.383 e. The quantitative estimate of drug-likeness (QED) is 0.234. The molecule has 0 aliphatic rings. The van der Waals surface area contributed by atoms with Gasteiger partial charge in [0.1, 0.15) is 11.6 Å². The summed E-state index contributed by atoms with van der Waals surface area (Å²) in [6.07, 6.45) is 1.69. The van der Waals surface area contributed by atoms with E-state index in [0.29, 0.717) is 32.8 Å². The number of Topliss-reactive ketones (excluding diaryl/α,β-unsaturated/α-hetero) is 1. The summed E-state index contributed by atoms with van der Waals surface area (Å²) in [6.45, 7) is 4.77. The lowest BCUT2D eigenvalue weighted by Crippen LogP contribution is -2.41. The topological polar surface area (TPSA) is 186 Å². The smallest absolute Gasteiger partial charge is 0.383 e. The van der Waals surface area contributed by atoms with Gasteiger partial charge in [-0.15, -0.1) is 0 Å². The Kier molecular flexibility index (Phi) is 7.42. The second-order valence-corrected chi connectivity index (χ2v) is 9.92. The zero-order valence-electron chi connectivity index (χ0n) is 15.8. The van der Waals surface area contributed by atoms with E-state index in [0.717, 1.165) is 0 Å². The molecular formula is C14H21N4O8P2S+. The monoisotopic (exact) mass is 467 g/mol. The van der Waals surface area contributed by atoms with E-state index < -0.39 is 15.6 Å². The molecule has 0 amide bonds. The van der Waals surface area contributed by atoms with Gasteiger partial charge in [-0.3, -0.25) is 9.32 Å². The number of hydrogen-bond donors (Lipinski definition) is 4. The first-order valence-electron chi connectivity index (χ1n) is 8.14. The van der Waals surface area contributed by atoms with Crippen molar-refractivity contribution in [1.29, 1.82) is 0 Å². The highest BCUT2D eigenvalue weighted by molar-refractivity contribution is 7.60. The average molecular weight is 467 g/mol. The maximum Gasteiger partial charge on any atom is 0.481 e. The van der Waals surface area contributed by atoms with Crippen LogP contribution in [0, 0.1) is 13.8 Å². The largest absolute Gasteiger partial charge is 0.481 e. The molecule has 160 valence electrons. The number of nitrogens with two attached hydrogens (primary N) is 1. The molecule has 0 aliphatic carbocycles. The Balaban J connectivity index is 2.20. The molecule has 5 N–H and O–H groups in total. The number of thiazole rings is 1. The van der Waals surface area contributed by atoms with Crippen LogP contribution in [-0.4, -0.2) is 37.0 Å². The Hall–Kier alpha value is -1.56. The van der Waals surface area contributed by atoms with E-state index in [1.807, 2.05) is 0 Å². The molecule has 0 saturated heterocycles. The van der Waals surface area contributed by atoms with Gasteiger partial charge in [0.25, 0.3) is 0 Å². The molecule has 1 unspecified atom stereocenters. The van der Waals surface area contributed by atoms with Gasteiger partial charge in [0.15, 0.2) is 12.2 Å². The summed E-state index contributed by atoms with van der Waals surface area (Å²) in [7, 11) is -10.1. The van der Waals surface area contributed by atoms with Crippen LogP contribution >= 0.6 is 27.0 Å². The third-order valence-corrected chi connectivity index (χ3v) is 7.35.